The molecule has 4 nitrogen and oxygen atoms in total. The van der Waals surface area contributed by atoms with Gasteiger partial charge in [-0.3, -0.25) is 4.99 Å². The third-order valence-electron chi connectivity index (χ3n) is 4.49. The molecule has 1 fully saturated rings. The van der Waals surface area contributed by atoms with Crippen LogP contribution < -0.4 is 10.6 Å². The Bertz CT molecular complexity index is 547. The molecule has 0 amide bonds. The Morgan fingerprint density at radius 1 is 1.38 bits per heavy atom. The van der Waals surface area contributed by atoms with Crippen LogP contribution in [0.2, 0.25) is 0 Å². The highest BCUT2D eigenvalue weighted by atomic mass is 19.1. The molecular weight excluding hydrogens is 305 g/mol. The van der Waals surface area contributed by atoms with E-state index in [-0.39, 0.29) is 23.9 Å². The third kappa shape index (κ3) is 5.20. The number of benzene rings is 1. The zero-order chi connectivity index (χ0) is 17.5. The first-order valence-electron chi connectivity index (χ1n) is 8.90. The van der Waals surface area contributed by atoms with Crippen LogP contribution in [0.1, 0.15) is 45.1 Å². The minimum Gasteiger partial charge on any atom is -0.378 e. The number of ether oxygens (including phenoxy) is 1. The van der Waals surface area contributed by atoms with Crippen LogP contribution in [0.25, 0.3) is 0 Å². The summed E-state index contributed by atoms with van der Waals surface area (Å²) in [6.45, 7) is 7.92. The highest BCUT2D eigenvalue weighted by molar-refractivity contribution is 5.80. The fourth-order valence-corrected chi connectivity index (χ4v) is 3.00. The molecule has 2 N–H and O–H groups in total. The summed E-state index contributed by atoms with van der Waals surface area (Å²) in [6, 6.07) is 7.26. The largest absolute Gasteiger partial charge is 0.378 e. The van der Waals surface area contributed by atoms with E-state index in [9.17, 15) is 4.39 Å². The maximum Gasteiger partial charge on any atom is 0.191 e. The van der Waals surface area contributed by atoms with Crippen LogP contribution >= 0.6 is 0 Å². The Morgan fingerprint density at radius 2 is 2.12 bits per heavy atom. The first kappa shape index (κ1) is 18.7. The molecule has 0 spiro atoms. The Morgan fingerprint density at radius 3 is 2.75 bits per heavy atom. The lowest BCUT2D eigenvalue weighted by molar-refractivity contribution is 0.0258. The Balaban J connectivity index is 1.77. The highest BCUT2D eigenvalue weighted by Gasteiger charge is 2.40. The summed E-state index contributed by atoms with van der Waals surface area (Å²) in [5.74, 6) is 1.39. The number of hydrogen-bond acceptors (Lipinski definition) is 2. The normalized spacial score (nSPS) is 21.7. The minimum absolute atomic E-state index is 0.119. The monoisotopic (exact) mass is 335 g/mol. The first-order valence-corrected chi connectivity index (χ1v) is 8.90. The smallest absolute Gasteiger partial charge is 0.191 e. The fraction of sp³-hybridized carbons (Fsp3) is 0.632. The van der Waals surface area contributed by atoms with E-state index in [1.54, 1.807) is 13.1 Å². The molecule has 1 aromatic rings. The van der Waals surface area contributed by atoms with Gasteiger partial charge in [-0.05, 0) is 37.3 Å². The molecule has 3 atom stereocenters. The van der Waals surface area contributed by atoms with E-state index < -0.39 is 0 Å². The molecule has 5 heteroatoms. The van der Waals surface area contributed by atoms with E-state index >= 15 is 0 Å². The second-order valence-electron chi connectivity index (χ2n) is 6.64. The van der Waals surface area contributed by atoms with Crippen molar-refractivity contribution >= 4 is 5.96 Å². The number of halogens is 1. The Kier molecular flexibility index (Phi) is 7.03. The molecule has 1 aromatic carbocycles. The van der Waals surface area contributed by atoms with Crippen LogP contribution in [-0.4, -0.2) is 38.3 Å². The van der Waals surface area contributed by atoms with Crippen molar-refractivity contribution in [3.8, 4) is 0 Å². The SMILES string of the molecule is CCOC(CCNC(=NC)NC1CC1c1ccccc1F)C(C)C. The molecule has 2 rings (SSSR count). The van der Waals surface area contributed by atoms with Crippen molar-refractivity contribution in [2.24, 2.45) is 10.9 Å². The van der Waals surface area contributed by atoms with Crippen molar-refractivity contribution < 1.29 is 9.13 Å². The highest BCUT2D eigenvalue weighted by Crippen LogP contribution is 2.41. The van der Waals surface area contributed by atoms with Gasteiger partial charge in [-0.2, -0.15) is 0 Å². The number of aliphatic imine (C=N–C) groups is 1. The zero-order valence-corrected chi connectivity index (χ0v) is 15.2. The topological polar surface area (TPSA) is 45.6 Å². The molecule has 1 aliphatic rings. The molecule has 1 aliphatic carbocycles. The Hall–Kier alpha value is -1.62. The molecule has 0 saturated heterocycles. The number of nitrogens with zero attached hydrogens (tertiary/aromatic N) is 1. The first-order chi connectivity index (χ1) is 11.6. The van der Waals surface area contributed by atoms with E-state index in [4.69, 9.17) is 4.74 Å². The van der Waals surface area contributed by atoms with E-state index in [0.29, 0.717) is 5.92 Å². The van der Waals surface area contributed by atoms with Crippen LogP contribution in [0.3, 0.4) is 0 Å². The van der Waals surface area contributed by atoms with Crippen LogP contribution in [0.15, 0.2) is 29.3 Å². The average Bonchev–Trinajstić information content (AvgIpc) is 3.32. The van der Waals surface area contributed by atoms with Gasteiger partial charge in [0.25, 0.3) is 0 Å². The van der Waals surface area contributed by atoms with E-state index in [0.717, 1.165) is 37.5 Å². The van der Waals surface area contributed by atoms with E-state index in [1.165, 1.54) is 6.07 Å². The Labute approximate surface area is 144 Å². The standard InChI is InChI=1S/C19H30FN3O/c1-5-24-18(13(2)3)10-11-22-19(21-4)23-17-12-15(17)14-8-6-7-9-16(14)20/h6-9,13,15,17-18H,5,10-12H2,1-4H3,(H2,21,22,23). The molecule has 3 unspecified atom stereocenters. The van der Waals surface area contributed by atoms with Gasteiger partial charge >= 0.3 is 0 Å². The molecule has 24 heavy (non-hydrogen) atoms. The van der Waals surface area contributed by atoms with Crippen molar-refractivity contribution in [2.75, 3.05) is 20.2 Å². The predicted molar refractivity (Wildman–Crippen MR) is 96.9 cm³/mol. The molecule has 0 heterocycles. The van der Waals surface area contributed by atoms with Gasteiger partial charge in [0.15, 0.2) is 5.96 Å². The van der Waals surface area contributed by atoms with Crippen molar-refractivity contribution in [1.29, 1.82) is 0 Å². The summed E-state index contributed by atoms with van der Waals surface area (Å²) >= 11 is 0. The zero-order valence-electron chi connectivity index (χ0n) is 15.2. The van der Waals surface area contributed by atoms with Gasteiger partial charge in [0.1, 0.15) is 5.82 Å². The fourth-order valence-electron chi connectivity index (χ4n) is 3.00. The van der Waals surface area contributed by atoms with E-state index in [2.05, 4.69) is 29.5 Å². The maximum absolute atomic E-state index is 13.8. The lowest BCUT2D eigenvalue weighted by atomic mass is 10.0. The van der Waals surface area contributed by atoms with Crippen LogP contribution in [0, 0.1) is 11.7 Å². The van der Waals surface area contributed by atoms with Crippen molar-refractivity contribution in [3.05, 3.63) is 35.6 Å². The number of guanidine groups is 1. The summed E-state index contributed by atoms with van der Waals surface area (Å²) in [7, 11) is 1.76. The van der Waals surface area contributed by atoms with Crippen LogP contribution in [0.4, 0.5) is 4.39 Å². The second kappa shape index (κ2) is 9.02. The summed E-state index contributed by atoms with van der Waals surface area (Å²) in [4.78, 5) is 4.27. The molecular formula is C19H30FN3O. The van der Waals surface area contributed by atoms with Crippen molar-refractivity contribution in [1.82, 2.24) is 10.6 Å². The second-order valence-corrected chi connectivity index (χ2v) is 6.64. The number of hydrogen-bond donors (Lipinski definition) is 2. The van der Waals surface area contributed by atoms with Gasteiger partial charge < -0.3 is 15.4 Å². The minimum atomic E-state index is -0.119. The molecule has 0 aliphatic heterocycles. The summed E-state index contributed by atoms with van der Waals surface area (Å²) in [5, 5.41) is 6.72. The van der Waals surface area contributed by atoms with E-state index in [1.807, 2.05) is 19.1 Å². The summed E-state index contributed by atoms with van der Waals surface area (Å²) in [6.07, 6.45) is 2.13. The molecule has 0 bridgehead atoms. The van der Waals surface area contributed by atoms with Crippen molar-refractivity contribution in [3.63, 3.8) is 0 Å². The van der Waals surface area contributed by atoms with Gasteiger partial charge in [0.05, 0.1) is 6.10 Å². The lowest BCUT2D eigenvalue weighted by Crippen LogP contribution is -2.40. The van der Waals surface area contributed by atoms with Gasteiger partial charge in [-0.1, -0.05) is 32.0 Å². The molecule has 0 aromatic heterocycles. The van der Waals surface area contributed by atoms with Crippen molar-refractivity contribution in [2.45, 2.75) is 51.7 Å². The molecule has 1 saturated carbocycles. The van der Waals surface area contributed by atoms with Gasteiger partial charge in [0.2, 0.25) is 0 Å². The maximum atomic E-state index is 13.8. The average molecular weight is 335 g/mol. The summed E-state index contributed by atoms with van der Waals surface area (Å²) in [5.41, 5.74) is 0.793. The van der Waals surface area contributed by atoms with Gasteiger partial charge in [-0.15, -0.1) is 0 Å². The predicted octanol–water partition coefficient (Wildman–Crippen LogP) is 3.30. The lowest BCUT2D eigenvalue weighted by Gasteiger charge is -2.21. The number of nitrogens with one attached hydrogen (secondary N) is 2. The van der Waals surface area contributed by atoms with Gasteiger partial charge in [0, 0.05) is 32.2 Å². The van der Waals surface area contributed by atoms with Crippen LogP contribution in [-0.2, 0) is 4.74 Å². The molecule has 134 valence electrons. The third-order valence-corrected chi connectivity index (χ3v) is 4.49. The summed E-state index contributed by atoms with van der Waals surface area (Å²) < 4.78 is 19.6. The quantitative estimate of drug-likeness (QED) is 0.566. The number of rotatable bonds is 8. The molecule has 0 radical (unpaired) electrons. The van der Waals surface area contributed by atoms with Crippen LogP contribution in [0.5, 0.6) is 0 Å². The van der Waals surface area contributed by atoms with Gasteiger partial charge in [-0.25, -0.2) is 4.39 Å².